The third kappa shape index (κ3) is 4.73. The fourth-order valence-electron chi connectivity index (χ4n) is 2.85. The number of H-pyrrole nitrogens is 1. The molecular weight excluding hydrogens is 456 g/mol. The number of aromatic nitrogens is 3. The largest absolute Gasteiger partial charge is 0.496 e. The van der Waals surface area contributed by atoms with Crippen LogP contribution in [0.4, 0.5) is 0 Å². The van der Waals surface area contributed by atoms with Gasteiger partial charge in [-0.05, 0) is 71.8 Å². The molecule has 0 spiro atoms. The van der Waals surface area contributed by atoms with E-state index >= 15 is 0 Å². The number of hydrogen-bond donors (Lipinski definition) is 2. The molecule has 0 radical (unpaired) electrons. The minimum atomic E-state index is 0.0387. The lowest BCUT2D eigenvalue weighted by molar-refractivity contribution is 0.228. The van der Waals surface area contributed by atoms with Gasteiger partial charge in [-0.2, -0.15) is 5.10 Å². The Hall–Kier alpha value is -2.52. The van der Waals surface area contributed by atoms with Crippen molar-refractivity contribution in [1.29, 1.82) is 0 Å². The predicted octanol–water partition coefficient (Wildman–Crippen LogP) is 4.92. The van der Waals surface area contributed by atoms with Crippen molar-refractivity contribution in [2.75, 3.05) is 19.6 Å². The van der Waals surface area contributed by atoms with Crippen LogP contribution >= 0.6 is 28.1 Å². The summed E-state index contributed by atoms with van der Waals surface area (Å²) in [5.74, 6) is 2.69. The summed E-state index contributed by atoms with van der Waals surface area (Å²) >= 11 is 8.97. The number of methoxy groups -OCH3 is 2. The van der Waals surface area contributed by atoms with Crippen LogP contribution in [0, 0.1) is 4.77 Å². The predicted molar refractivity (Wildman–Crippen MR) is 119 cm³/mol. The fraction of sp³-hybridized carbons (Fsp3) is 0.300. The molecule has 2 N–H and O–H groups in total. The standard InChI is InChI=1S/C20H23BrN4O3S/c1-12(2)28-18-15(21)9-13(10-17(18)27-4)11-22-25-19(23-24-20(25)29)14-7-5-6-8-16(14)26-3/h5-10,12,22H,11H2,1-4H3,(H,24,29). The third-order valence-electron chi connectivity index (χ3n) is 4.10. The van der Waals surface area contributed by atoms with E-state index in [1.807, 2.05) is 50.2 Å². The quantitative estimate of drug-likeness (QED) is 0.447. The highest BCUT2D eigenvalue weighted by Crippen LogP contribution is 2.37. The summed E-state index contributed by atoms with van der Waals surface area (Å²) in [7, 11) is 3.25. The van der Waals surface area contributed by atoms with Crippen molar-refractivity contribution in [3.63, 3.8) is 0 Å². The zero-order valence-electron chi connectivity index (χ0n) is 16.7. The Bertz CT molecular complexity index is 1050. The number of ether oxygens (including phenoxy) is 3. The molecule has 0 aliphatic rings. The first kappa shape index (κ1) is 21.2. The van der Waals surface area contributed by atoms with Crippen LogP contribution in [0.2, 0.25) is 0 Å². The first-order valence-corrected chi connectivity index (χ1v) is 10.2. The van der Waals surface area contributed by atoms with Gasteiger partial charge in [-0.3, -0.25) is 0 Å². The molecule has 3 aromatic rings. The fourth-order valence-corrected chi connectivity index (χ4v) is 3.63. The smallest absolute Gasteiger partial charge is 0.214 e. The topological polar surface area (TPSA) is 73.3 Å². The SMILES string of the molecule is COc1ccccc1-c1n[nH]c(=S)n1NCc1cc(Br)c(OC(C)C)c(OC)c1. The molecule has 154 valence electrons. The van der Waals surface area contributed by atoms with Gasteiger partial charge in [0.2, 0.25) is 4.77 Å². The molecule has 0 saturated carbocycles. The molecule has 0 fully saturated rings. The summed E-state index contributed by atoms with van der Waals surface area (Å²) in [6.07, 6.45) is 0.0387. The Balaban J connectivity index is 1.89. The van der Waals surface area contributed by atoms with Crippen molar-refractivity contribution in [1.82, 2.24) is 14.9 Å². The van der Waals surface area contributed by atoms with E-state index in [-0.39, 0.29) is 6.10 Å². The average molecular weight is 479 g/mol. The second-order valence-corrected chi connectivity index (χ2v) is 7.74. The number of rotatable bonds is 8. The normalized spacial score (nSPS) is 10.8. The zero-order chi connectivity index (χ0) is 21.0. The number of para-hydroxylation sites is 1. The lowest BCUT2D eigenvalue weighted by Gasteiger charge is -2.17. The second-order valence-electron chi connectivity index (χ2n) is 6.50. The number of nitrogens with zero attached hydrogens (tertiary/aromatic N) is 2. The second kappa shape index (κ2) is 9.32. The Morgan fingerprint density at radius 3 is 2.59 bits per heavy atom. The van der Waals surface area contributed by atoms with Gasteiger partial charge in [0, 0.05) is 0 Å². The highest BCUT2D eigenvalue weighted by Gasteiger charge is 2.15. The summed E-state index contributed by atoms with van der Waals surface area (Å²) in [6.45, 7) is 4.44. The number of nitrogens with one attached hydrogen (secondary N) is 2. The summed E-state index contributed by atoms with van der Waals surface area (Å²) < 4.78 is 19.8. The molecule has 0 atom stereocenters. The van der Waals surface area contributed by atoms with Crippen LogP contribution < -0.4 is 19.6 Å². The van der Waals surface area contributed by atoms with Gasteiger partial charge < -0.3 is 19.6 Å². The molecule has 0 bridgehead atoms. The highest BCUT2D eigenvalue weighted by atomic mass is 79.9. The van der Waals surface area contributed by atoms with Gasteiger partial charge in [-0.25, -0.2) is 9.77 Å². The van der Waals surface area contributed by atoms with E-state index in [2.05, 4.69) is 31.6 Å². The first-order valence-electron chi connectivity index (χ1n) is 9.02. The van der Waals surface area contributed by atoms with E-state index < -0.39 is 0 Å². The zero-order valence-corrected chi connectivity index (χ0v) is 19.1. The number of halogens is 1. The molecule has 0 aliphatic carbocycles. The monoisotopic (exact) mass is 478 g/mol. The molecule has 7 nitrogen and oxygen atoms in total. The number of benzene rings is 2. The first-order chi connectivity index (χ1) is 13.9. The van der Waals surface area contributed by atoms with Crippen LogP contribution in [-0.4, -0.2) is 35.2 Å². The molecule has 9 heteroatoms. The van der Waals surface area contributed by atoms with Crippen LogP contribution in [0.3, 0.4) is 0 Å². The van der Waals surface area contributed by atoms with E-state index in [0.29, 0.717) is 34.4 Å². The van der Waals surface area contributed by atoms with Crippen molar-refractivity contribution in [2.45, 2.75) is 26.5 Å². The van der Waals surface area contributed by atoms with Gasteiger partial charge in [0.25, 0.3) is 0 Å². The van der Waals surface area contributed by atoms with E-state index in [1.165, 1.54) is 0 Å². The maximum atomic E-state index is 5.85. The highest BCUT2D eigenvalue weighted by molar-refractivity contribution is 9.10. The Labute approximate surface area is 183 Å². The van der Waals surface area contributed by atoms with Crippen LogP contribution in [0.5, 0.6) is 17.2 Å². The van der Waals surface area contributed by atoms with Gasteiger partial charge >= 0.3 is 0 Å². The summed E-state index contributed by atoms with van der Waals surface area (Å²) in [6, 6.07) is 11.6. The minimum absolute atomic E-state index is 0.0387. The van der Waals surface area contributed by atoms with Gasteiger partial charge in [-0.1, -0.05) is 12.1 Å². The van der Waals surface area contributed by atoms with Gasteiger partial charge in [0.15, 0.2) is 17.3 Å². The van der Waals surface area contributed by atoms with Crippen LogP contribution in [0.25, 0.3) is 11.4 Å². The molecule has 0 saturated heterocycles. The maximum absolute atomic E-state index is 5.85. The van der Waals surface area contributed by atoms with Crippen molar-refractivity contribution in [3.05, 3.63) is 51.2 Å². The molecule has 2 aromatic carbocycles. The minimum Gasteiger partial charge on any atom is -0.496 e. The summed E-state index contributed by atoms with van der Waals surface area (Å²) in [5, 5.41) is 7.19. The number of aromatic amines is 1. The Morgan fingerprint density at radius 1 is 1.17 bits per heavy atom. The molecule has 29 heavy (non-hydrogen) atoms. The molecule has 1 aromatic heterocycles. The molecule has 0 unspecified atom stereocenters. The maximum Gasteiger partial charge on any atom is 0.214 e. The van der Waals surface area contributed by atoms with E-state index in [0.717, 1.165) is 15.6 Å². The summed E-state index contributed by atoms with van der Waals surface area (Å²) in [4.78, 5) is 0. The Morgan fingerprint density at radius 2 is 1.90 bits per heavy atom. The lowest BCUT2D eigenvalue weighted by Crippen LogP contribution is -2.16. The van der Waals surface area contributed by atoms with Crippen LogP contribution in [0.15, 0.2) is 40.9 Å². The van der Waals surface area contributed by atoms with Crippen molar-refractivity contribution in [2.24, 2.45) is 0 Å². The Kier molecular flexibility index (Phi) is 6.81. The van der Waals surface area contributed by atoms with Gasteiger partial charge in [0.05, 0.1) is 36.9 Å². The van der Waals surface area contributed by atoms with Crippen LogP contribution in [0.1, 0.15) is 19.4 Å². The summed E-state index contributed by atoms with van der Waals surface area (Å²) in [5.41, 5.74) is 5.13. The molecule has 0 aliphatic heterocycles. The molecular formula is C20H23BrN4O3S. The lowest BCUT2D eigenvalue weighted by atomic mass is 10.2. The third-order valence-corrected chi connectivity index (χ3v) is 4.97. The molecule has 1 heterocycles. The van der Waals surface area contributed by atoms with E-state index in [1.54, 1.807) is 18.9 Å². The van der Waals surface area contributed by atoms with Crippen LogP contribution in [-0.2, 0) is 6.54 Å². The van der Waals surface area contributed by atoms with E-state index in [9.17, 15) is 0 Å². The van der Waals surface area contributed by atoms with Crippen molar-refractivity contribution in [3.8, 4) is 28.6 Å². The van der Waals surface area contributed by atoms with E-state index in [4.69, 9.17) is 26.4 Å². The average Bonchev–Trinajstić information content (AvgIpc) is 3.07. The molecule has 0 amide bonds. The number of hydrogen-bond acceptors (Lipinski definition) is 6. The van der Waals surface area contributed by atoms with Crippen molar-refractivity contribution >= 4 is 28.1 Å². The van der Waals surface area contributed by atoms with Gasteiger partial charge in [0.1, 0.15) is 5.75 Å². The van der Waals surface area contributed by atoms with Crippen molar-refractivity contribution < 1.29 is 14.2 Å². The van der Waals surface area contributed by atoms with Gasteiger partial charge in [-0.15, -0.1) is 0 Å². The molecule has 3 rings (SSSR count).